The number of carbonyl (C=O) groups excluding carboxylic acids is 2. The van der Waals surface area contributed by atoms with E-state index >= 15 is 0 Å². The number of benzene rings is 3. The summed E-state index contributed by atoms with van der Waals surface area (Å²) in [6, 6.07) is 24.2. The van der Waals surface area contributed by atoms with Crippen molar-refractivity contribution in [2.45, 2.75) is 25.7 Å². The first-order valence-corrected chi connectivity index (χ1v) is 10.6. The van der Waals surface area contributed by atoms with Crippen LogP contribution in [0.25, 0.3) is 0 Å². The van der Waals surface area contributed by atoms with Crippen molar-refractivity contribution in [2.24, 2.45) is 0 Å². The van der Waals surface area contributed by atoms with Crippen molar-refractivity contribution in [1.82, 2.24) is 0 Å². The Morgan fingerprint density at radius 3 is 2.09 bits per heavy atom. The van der Waals surface area contributed by atoms with Crippen LogP contribution < -0.4 is 20.1 Å². The Balaban J connectivity index is 1.54. The van der Waals surface area contributed by atoms with E-state index in [1.54, 1.807) is 43.5 Å². The third-order valence-corrected chi connectivity index (χ3v) is 5.05. The molecule has 0 bridgehead atoms. The Morgan fingerprint density at radius 1 is 0.812 bits per heavy atom. The van der Waals surface area contributed by atoms with Crippen LogP contribution in [0.4, 0.5) is 11.4 Å². The third-order valence-electron chi connectivity index (χ3n) is 5.05. The van der Waals surface area contributed by atoms with Crippen LogP contribution in [-0.2, 0) is 9.59 Å². The first kappa shape index (κ1) is 22.9. The Hall–Kier alpha value is -3.80. The molecule has 6 heteroatoms. The minimum atomic E-state index is -0.311. The normalized spacial score (nSPS) is 11.3. The van der Waals surface area contributed by atoms with Gasteiger partial charge in [-0.2, -0.15) is 0 Å². The zero-order chi connectivity index (χ0) is 22.8. The molecule has 0 saturated carbocycles. The molecule has 6 nitrogen and oxygen atoms in total. The summed E-state index contributed by atoms with van der Waals surface area (Å²) in [7, 11) is 1.55. The van der Waals surface area contributed by atoms with E-state index in [0.29, 0.717) is 29.3 Å². The highest BCUT2D eigenvalue weighted by molar-refractivity contribution is 5.94. The number of hydrogen-bond donors (Lipinski definition) is 2. The molecule has 0 radical (unpaired) electrons. The molecule has 0 aromatic heterocycles. The molecule has 0 aliphatic carbocycles. The van der Waals surface area contributed by atoms with E-state index in [0.717, 1.165) is 12.0 Å². The average molecular weight is 433 g/mol. The lowest BCUT2D eigenvalue weighted by Crippen LogP contribution is -2.20. The van der Waals surface area contributed by atoms with E-state index in [-0.39, 0.29) is 24.3 Å². The van der Waals surface area contributed by atoms with Crippen molar-refractivity contribution in [3.05, 3.63) is 84.4 Å². The number of carbonyl (C=O) groups is 2. The van der Waals surface area contributed by atoms with Gasteiger partial charge in [0.15, 0.2) is 18.1 Å². The van der Waals surface area contributed by atoms with Gasteiger partial charge in [0.2, 0.25) is 5.91 Å². The van der Waals surface area contributed by atoms with Crippen LogP contribution >= 0.6 is 0 Å². The summed E-state index contributed by atoms with van der Waals surface area (Å²) in [5.41, 5.74) is 2.36. The third kappa shape index (κ3) is 6.60. The number of nitrogens with one attached hydrogen (secondary N) is 2. The van der Waals surface area contributed by atoms with Gasteiger partial charge < -0.3 is 20.1 Å². The first-order valence-electron chi connectivity index (χ1n) is 10.6. The van der Waals surface area contributed by atoms with Gasteiger partial charge >= 0.3 is 0 Å². The zero-order valence-corrected chi connectivity index (χ0v) is 18.3. The lowest BCUT2D eigenvalue weighted by Gasteiger charge is -2.15. The fraction of sp³-hybridized carbons (Fsp3) is 0.231. The van der Waals surface area contributed by atoms with Crippen molar-refractivity contribution < 1.29 is 19.1 Å². The van der Waals surface area contributed by atoms with Gasteiger partial charge in [0.25, 0.3) is 5.91 Å². The highest BCUT2D eigenvalue weighted by Gasteiger charge is 2.14. The fourth-order valence-corrected chi connectivity index (χ4v) is 3.41. The second-order valence-corrected chi connectivity index (χ2v) is 7.34. The number of anilines is 2. The standard InChI is InChI=1S/C26H28N2O4/c1-3-19(20-10-5-4-6-11-20)16-25(29)27-21-12-9-13-22(17-21)28-26(30)18-32-24-15-8-7-14-23(24)31-2/h4-15,17,19H,3,16,18H2,1-2H3,(H,27,29)(H,28,30). The van der Waals surface area contributed by atoms with Gasteiger partial charge in [-0.05, 0) is 48.2 Å². The molecule has 0 spiro atoms. The van der Waals surface area contributed by atoms with E-state index in [2.05, 4.69) is 17.6 Å². The van der Waals surface area contributed by atoms with Gasteiger partial charge in [-0.3, -0.25) is 9.59 Å². The number of amides is 2. The van der Waals surface area contributed by atoms with E-state index < -0.39 is 0 Å². The van der Waals surface area contributed by atoms with Crippen molar-refractivity contribution in [1.29, 1.82) is 0 Å². The van der Waals surface area contributed by atoms with Gasteiger partial charge in [0, 0.05) is 17.8 Å². The highest BCUT2D eigenvalue weighted by Crippen LogP contribution is 2.26. The molecule has 1 unspecified atom stereocenters. The van der Waals surface area contributed by atoms with E-state index in [4.69, 9.17) is 9.47 Å². The quantitative estimate of drug-likeness (QED) is 0.460. The number of methoxy groups -OCH3 is 1. The highest BCUT2D eigenvalue weighted by atomic mass is 16.5. The molecule has 166 valence electrons. The van der Waals surface area contributed by atoms with Crippen LogP contribution in [-0.4, -0.2) is 25.5 Å². The van der Waals surface area contributed by atoms with Crippen LogP contribution in [0, 0.1) is 0 Å². The maximum atomic E-state index is 12.6. The topological polar surface area (TPSA) is 76.7 Å². The first-order chi connectivity index (χ1) is 15.6. The molecular formula is C26H28N2O4. The molecule has 2 N–H and O–H groups in total. The molecule has 3 aromatic rings. The summed E-state index contributed by atoms with van der Waals surface area (Å²) in [6.07, 6.45) is 1.27. The van der Waals surface area contributed by atoms with Gasteiger partial charge in [0.1, 0.15) is 0 Å². The Bertz CT molecular complexity index is 1040. The van der Waals surface area contributed by atoms with E-state index in [1.807, 2.05) is 42.5 Å². The average Bonchev–Trinajstić information content (AvgIpc) is 2.82. The molecule has 0 aliphatic heterocycles. The molecule has 3 rings (SSSR count). The van der Waals surface area contributed by atoms with Gasteiger partial charge in [-0.1, -0.05) is 55.5 Å². The number of rotatable bonds is 10. The van der Waals surface area contributed by atoms with E-state index in [9.17, 15) is 9.59 Å². The van der Waals surface area contributed by atoms with Crippen LogP contribution in [0.1, 0.15) is 31.2 Å². The summed E-state index contributed by atoms with van der Waals surface area (Å²) in [5, 5.41) is 5.71. The Labute approximate surface area is 188 Å². The maximum Gasteiger partial charge on any atom is 0.262 e. The summed E-state index contributed by atoms with van der Waals surface area (Å²) in [5.74, 6) is 0.838. The molecule has 0 saturated heterocycles. The van der Waals surface area contributed by atoms with Gasteiger partial charge in [-0.25, -0.2) is 0 Å². The van der Waals surface area contributed by atoms with Crippen molar-refractivity contribution in [3.8, 4) is 11.5 Å². The predicted octanol–water partition coefficient (Wildman–Crippen LogP) is 5.24. The van der Waals surface area contributed by atoms with Crippen LogP contribution in [0.3, 0.4) is 0 Å². The lowest BCUT2D eigenvalue weighted by atomic mass is 9.93. The summed E-state index contributed by atoms with van der Waals surface area (Å²) in [4.78, 5) is 24.9. The summed E-state index contributed by atoms with van der Waals surface area (Å²) >= 11 is 0. The monoisotopic (exact) mass is 432 g/mol. The van der Waals surface area contributed by atoms with Crippen molar-refractivity contribution >= 4 is 23.2 Å². The molecule has 1 atom stereocenters. The second kappa shape index (κ2) is 11.6. The minimum Gasteiger partial charge on any atom is -0.493 e. The van der Waals surface area contributed by atoms with Gasteiger partial charge in [0.05, 0.1) is 7.11 Å². The number of hydrogen-bond acceptors (Lipinski definition) is 4. The minimum absolute atomic E-state index is 0.0660. The number of para-hydroxylation sites is 2. The molecule has 2 amide bonds. The van der Waals surface area contributed by atoms with Crippen molar-refractivity contribution in [2.75, 3.05) is 24.4 Å². The van der Waals surface area contributed by atoms with Crippen molar-refractivity contribution in [3.63, 3.8) is 0 Å². The number of ether oxygens (including phenoxy) is 2. The molecular weight excluding hydrogens is 404 g/mol. The molecule has 0 aliphatic rings. The molecule has 3 aromatic carbocycles. The van der Waals surface area contributed by atoms with Crippen LogP contribution in [0.5, 0.6) is 11.5 Å². The lowest BCUT2D eigenvalue weighted by molar-refractivity contribution is -0.118. The Morgan fingerprint density at radius 2 is 1.44 bits per heavy atom. The largest absolute Gasteiger partial charge is 0.493 e. The summed E-state index contributed by atoms with van der Waals surface area (Å²) in [6.45, 7) is 1.92. The van der Waals surface area contributed by atoms with Crippen LogP contribution in [0.2, 0.25) is 0 Å². The maximum absolute atomic E-state index is 12.6. The predicted molar refractivity (Wildman–Crippen MR) is 126 cm³/mol. The molecule has 0 fully saturated rings. The Kier molecular flexibility index (Phi) is 8.26. The fourth-order valence-electron chi connectivity index (χ4n) is 3.41. The van der Waals surface area contributed by atoms with Crippen LogP contribution in [0.15, 0.2) is 78.9 Å². The second-order valence-electron chi connectivity index (χ2n) is 7.34. The smallest absolute Gasteiger partial charge is 0.262 e. The van der Waals surface area contributed by atoms with E-state index in [1.165, 1.54) is 0 Å². The van der Waals surface area contributed by atoms with Gasteiger partial charge in [-0.15, -0.1) is 0 Å². The SMILES string of the molecule is CCC(CC(=O)Nc1cccc(NC(=O)COc2ccccc2OC)c1)c1ccccc1. The zero-order valence-electron chi connectivity index (χ0n) is 18.3. The molecule has 32 heavy (non-hydrogen) atoms. The molecule has 0 heterocycles. The summed E-state index contributed by atoms with van der Waals surface area (Å²) < 4.78 is 10.8.